The Labute approximate surface area is 170 Å². The van der Waals surface area contributed by atoms with Crippen molar-refractivity contribution < 1.29 is 18.0 Å². The van der Waals surface area contributed by atoms with E-state index in [0.717, 1.165) is 24.4 Å². The lowest BCUT2D eigenvalue weighted by molar-refractivity contribution is -0.149. The van der Waals surface area contributed by atoms with Crippen molar-refractivity contribution in [1.82, 2.24) is 14.5 Å². The first-order chi connectivity index (χ1) is 12.9. The monoisotopic (exact) mass is 425 g/mol. The molecule has 1 saturated heterocycles. The fourth-order valence-corrected chi connectivity index (χ4v) is 7.42. The highest BCUT2D eigenvalue weighted by molar-refractivity contribution is 7.92. The topological polar surface area (TPSA) is 97.3 Å². The second-order valence-corrected chi connectivity index (χ2v) is 12.4. The fraction of sp³-hybridized carbons (Fsp3) is 0.789. The highest BCUT2D eigenvalue weighted by atomic mass is 32.2. The maximum Gasteiger partial charge on any atom is 0.229 e. The zero-order valence-electron chi connectivity index (χ0n) is 16.8. The van der Waals surface area contributed by atoms with Gasteiger partial charge in [0, 0.05) is 48.6 Å². The number of rotatable bonds is 3. The quantitative estimate of drug-likeness (QED) is 0.738. The number of hydrogen-bond donors (Lipinski definition) is 0. The molecule has 2 atom stereocenters. The first kappa shape index (κ1) is 19.9. The summed E-state index contributed by atoms with van der Waals surface area (Å²) in [5.74, 6) is 0.320. The Bertz CT molecular complexity index is 946. The molecule has 154 valence electrons. The van der Waals surface area contributed by atoms with Gasteiger partial charge in [0.1, 0.15) is 5.78 Å². The molecular weight excluding hydrogens is 398 g/mol. The lowest BCUT2D eigenvalue weighted by Crippen LogP contribution is -2.50. The summed E-state index contributed by atoms with van der Waals surface area (Å²) in [6.45, 7) is 7.30. The molecule has 1 aliphatic heterocycles. The number of amides is 1. The molecule has 3 fully saturated rings. The molecule has 0 radical (unpaired) electrons. The molecular formula is C19H27N3O4S2. The van der Waals surface area contributed by atoms with Crippen molar-refractivity contribution in [2.24, 2.45) is 16.2 Å². The second-order valence-electron chi connectivity index (χ2n) is 9.42. The van der Waals surface area contributed by atoms with E-state index in [2.05, 4.69) is 23.4 Å². The molecule has 2 bridgehead atoms. The van der Waals surface area contributed by atoms with Crippen molar-refractivity contribution in [2.75, 3.05) is 19.3 Å². The molecule has 0 unspecified atom stereocenters. The first-order valence-electron chi connectivity index (χ1n) is 9.79. The molecule has 4 rings (SSSR count). The number of hydrogen-bond acceptors (Lipinski definition) is 7. The summed E-state index contributed by atoms with van der Waals surface area (Å²) in [6, 6.07) is 0. The minimum absolute atomic E-state index is 0.00270. The van der Waals surface area contributed by atoms with Gasteiger partial charge in [0.2, 0.25) is 5.91 Å². The van der Waals surface area contributed by atoms with Gasteiger partial charge in [-0.25, -0.2) is 8.42 Å². The van der Waals surface area contributed by atoms with Crippen LogP contribution in [0.4, 0.5) is 0 Å². The Morgan fingerprint density at radius 2 is 1.82 bits per heavy atom. The summed E-state index contributed by atoms with van der Waals surface area (Å²) < 4.78 is 28.0. The minimum Gasteiger partial charge on any atom is -0.342 e. The Morgan fingerprint density at radius 1 is 1.18 bits per heavy atom. The summed E-state index contributed by atoms with van der Waals surface area (Å²) in [5, 5.41) is 4.07. The molecule has 0 aromatic carbocycles. The number of Topliss-reactive ketones (excluding diaryl/α,β-unsaturated/α-hetero) is 1. The summed E-state index contributed by atoms with van der Waals surface area (Å²) in [7, 11) is -3.34. The third-order valence-electron chi connectivity index (χ3n) is 8.10. The number of carbonyl (C=O) groups excluding carboxylic acids is 2. The van der Waals surface area contributed by atoms with E-state index in [4.69, 9.17) is 0 Å². The van der Waals surface area contributed by atoms with E-state index >= 15 is 0 Å². The SMILES string of the molecule is CC1(C)[C@@]2(C(=O)N3CCC(c4nnsc4S(C)(=O)=O)CC3)CC[C@]1(C)C(=O)C2. The average molecular weight is 426 g/mol. The molecule has 28 heavy (non-hydrogen) atoms. The van der Waals surface area contributed by atoms with Crippen molar-refractivity contribution in [3.63, 3.8) is 0 Å². The van der Waals surface area contributed by atoms with E-state index in [1.54, 1.807) is 0 Å². The summed E-state index contributed by atoms with van der Waals surface area (Å²) in [5.41, 5.74) is -0.793. The number of fused-ring (bicyclic) bond motifs is 2. The molecule has 3 aliphatic rings. The molecule has 0 spiro atoms. The van der Waals surface area contributed by atoms with E-state index in [-0.39, 0.29) is 27.2 Å². The van der Waals surface area contributed by atoms with Crippen molar-refractivity contribution in [1.29, 1.82) is 0 Å². The summed E-state index contributed by atoms with van der Waals surface area (Å²) >= 11 is 0.919. The van der Waals surface area contributed by atoms with Gasteiger partial charge in [0.15, 0.2) is 14.0 Å². The van der Waals surface area contributed by atoms with Crippen LogP contribution in [0.5, 0.6) is 0 Å². The largest absolute Gasteiger partial charge is 0.342 e. The third kappa shape index (κ3) is 2.47. The standard InChI is InChI=1S/C19H27N3O4S2/c1-17(2)18(3)7-8-19(17,11-13(18)23)16(24)22-9-5-12(6-10-22)14-15(27-21-20-14)28(4,25)26/h12H,5-11H2,1-4H3/t18-,19+/m1/s1. The molecule has 2 heterocycles. The smallest absolute Gasteiger partial charge is 0.229 e. The van der Waals surface area contributed by atoms with Gasteiger partial charge in [-0.05, 0) is 31.1 Å². The number of nitrogens with zero attached hydrogens (tertiary/aromatic N) is 3. The number of piperidine rings is 1. The van der Waals surface area contributed by atoms with E-state index < -0.39 is 20.7 Å². The molecule has 1 amide bonds. The van der Waals surface area contributed by atoms with E-state index in [0.29, 0.717) is 38.0 Å². The maximum atomic E-state index is 13.6. The Kier molecular flexibility index (Phi) is 4.33. The normalized spacial score (nSPS) is 32.9. The zero-order chi connectivity index (χ0) is 20.5. The molecule has 9 heteroatoms. The maximum absolute atomic E-state index is 13.6. The molecule has 0 N–H and O–H groups in total. The van der Waals surface area contributed by atoms with Crippen LogP contribution in [-0.2, 0) is 19.4 Å². The molecule has 1 aromatic rings. The molecule has 1 aromatic heterocycles. The van der Waals surface area contributed by atoms with Crippen molar-refractivity contribution in [3.05, 3.63) is 5.69 Å². The Hall–Kier alpha value is -1.35. The minimum atomic E-state index is -3.34. The lowest BCUT2D eigenvalue weighted by Gasteiger charge is -2.43. The predicted molar refractivity (Wildman–Crippen MR) is 105 cm³/mol. The summed E-state index contributed by atoms with van der Waals surface area (Å²) in [6.07, 6.45) is 4.42. The Balaban J connectivity index is 1.52. The lowest BCUT2D eigenvalue weighted by atomic mass is 9.64. The predicted octanol–water partition coefficient (Wildman–Crippen LogP) is 2.43. The van der Waals surface area contributed by atoms with Crippen LogP contribution in [0.2, 0.25) is 0 Å². The van der Waals surface area contributed by atoms with Crippen molar-refractivity contribution >= 4 is 33.1 Å². The fourth-order valence-electron chi connectivity index (χ4n) is 5.69. The van der Waals surface area contributed by atoms with Crippen LogP contribution in [0.25, 0.3) is 0 Å². The number of likely N-dealkylation sites (tertiary alicyclic amines) is 1. The van der Waals surface area contributed by atoms with Crippen LogP contribution < -0.4 is 0 Å². The van der Waals surface area contributed by atoms with E-state index in [1.165, 1.54) is 6.26 Å². The van der Waals surface area contributed by atoms with Gasteiger partial charge in [-0.3, -0.25) is 9.59 Å². The van der Waals surface area contributed by atoms with Crippen LogP contribution in [0, 0.1) is 16.2 Å². The number of sulfone groups is 1. The van der Waals surface area contributed by atoms with E-state index in [9.17, 15) is 18.0 Å². The molecule has 2 aliphatic carbocycles. The molecule has 7 nitrogen and oxygen atoms in total. The van der Waals surface area contributed by atoms with Crippen LogP contribution in [0.1, 0.15) is 64.5 Å². The van der Waals surface area contributed by atoms with Gasteiger partial charge in [0.25, 0.3) is 0 Å². The van der Waals surface area contributed by atoms with Crippen LogP contribution in [-0.4, -0.2) is 53.9 Å². The van der Waals surface area contributed by atoms with Gasteiger partial charge in [-0.15, -0.1) is 5.10 Å². The number of ketones is 1. The van der Waals surface area contributed by atoms with Gasteiger partial charge in [0.05, 0.1) is 11.1 Å². The highest BCUT2D eigenvalue weighted by Crippen LogP contribution is 2.71. The highest BCUT2D eigenvalue weighted by Gasteiger charge is 2.73. The van der Waals surface area contributed by atoms with Gasteiger partial charge in [-0.2, -0.15) is 0 Å². The first-order valence-corrected chi connectivity index (χ1v) is 12.5. The number of aromatic nitrogens is 2. The van der Waals surface area contributed by atoms with Crippen LogP contribution in [0.15, 0.2) is 4.21 Å². The van der Waals surface area contributed by atoms with Gasteiger partial charge in [-0.1, -0.05) is 25.3 Å². The van der Waals surface area contributed by atoms with Crippen LogP contribution in [0.3, 0.4) is 0 Å². The Morgan fingerprint density at radius 3 is 2.32 bits per heavy atom. The molecule has 2 saturated carbocycles. The third-order valence-corrected chi connectivity index (χ3v) is 10.7. The van der Waals surface area contributed by atoms with Crippen molar-refractivity contribution in [3.8, 4) is 0 Å². The van der Waals surface area contributed by atoms with Crippen LogP contribution >= 0.6 is 11.5 Å². The average Bonchev–Trinajstić information content (AvgIpc) is 3.23. The number of carbonyl (C=O) groups is 2. The zero-order valence-corrected chi connectivity index (χ0v) is 18.5. The summed E-state index contributed by atoms with van der Waals surface area (Å²) in [4.78, 5) is 28.1. The van der Waals surface area contributed by atoms with Gasteiger partial charge < -0.3 is 4.90 Å². The van der Waals surface area contributed by atoms with Crippen molar-refractivity contribution in [2.45, 2.75) is 63.0 Å². The second kappa shape index (κ2) is 6.08. The van der Waals surface area contributed by atoms with E-state index in [1.807, 2.05) is 11.8 Å². The van der Waals surface area contributed by atoms with Gasteiger partial charge >= 0.3 is 0 Å².